The van der Waals surface area contributed by atoms with Gasteiger partial charge in [-0.15, -0.1) is 52.6 Å². The van der Waals surface area contributed by atoms with Gasteiger partial charge >= 0.3 is 0 Å². The van der Waals surface area contributed by atoms with Crippen LogP contribution in [0.4, 0.5) is 0 Å². The first-order valence-corrected chi connectivity index (χ1v) is 21.4. The molecule has 0 nitrogen and oxygen atoms in total. The molecule has 0 N–H and O–H groups in total. The van der Waals surface area contributed by atoms with E-state index in [0.29, 0.717) is 11.8 Å². The Kier molecular flexibility index (Phi) is 17.4. The normalized spacial score (nSPS) is 44.1. The summed E-state index contributed by atoms with van der Waals surface area (Å²) in [4.78, 5) is 0. The van der Waals surface area contributed by atoms with Gasteiger partial charge in [0, 0.05) is 0 Å². The van der Waals surface area contributed by atoms with E-state index >= 15 is 0 Å². The highest BCUT2D eigenvalue weighted by atomic mass is 14.5. The first kappa shape index (κ1) is 45.8. The molecule has 0 spiro atoms. The van der Waals surface area contributed by atoms with Crippen molar-refractivity contribution in [2.45, 2.75) is 107 Å². The van der Waals surface area contributed by atoms with Crippen molar-refractivity contribution in [2.24, 2.45) is 107 Å². The molecule has 6 saturated carbocycles. The summed E-state index contributed by atoms with van der Waals surface area (Å²) in [5.74, 6) is 14.7. The Morgan fingerprint density at radius 3 is 1.48 bits per heavy atom. The van der Waals surface area contributed by atoms with Crippen molar-refractivity contribution in [3.8, 4) is 0 Å². The van der Waals surface area contributed by atoms with Gasteiger partial charge in [-0.25, -0.2) is 0 Å². The number of rotatable bonds is 8. The summed E-state index contributed by atoms with van der Waals surface area (Å²) < 4.78 is 0. The third-order valence-corrected chi connectivity index (χ3v) is 16.0. The van der Waals surface area contributed by atoms with Crippen LogP contribution < -0.4 is 0 Å². The predicted octanol–water partition coefficient (Wildman–Crippen LogP) is 15.7. The van der Waals surface area contributed by atoms with Crippen LogP contribution in [0.3, 0.4) is 0 Å². The van der Waals surface area contributed by atoms with E-state index in [-0.39, 0.29) is 14.9 Å². The minimum absolute atomic E-state index is 0. The summed E-state index contributed by atoms with van der Waals surface area (Å²) in [6.07, 6.45) is 35.6. The number of fused-ring (bicyclic) bond motifs is 4. The Balaban J connectivity index is 0.000000191. The van der Waals surface area contributed by atoms with E-state index in [9.17, 15) is 0 Å². The molecule has 54 heavy (non-hydrogen) atoms. The topological polar surface area (TPSA) is 0 Å². The van der Waals surface area contributed by atoms with Gasteiger partial charge in [-0.2, -0.15) is 0 Å². The van der Waals surface area contributed by atoms with Gasteiger partial charge in [0.15, 0.2) is 0 Å². The molecule has 0 heterocycles. The van der Waals surface area contributed by atoms with Crippen LogP contribution in [0.5, 0.6) is 0 Å². The van der Waals surface area contributed by atoms with E-state index in [1.165, 1.54) is 64.2 Å². The second kappa shape index (κ2) is 20.5. The highest BCUT2D eigenvalue weighted by Crippen LogP contribution is 2.55. The van der Waals surface area contributed by atoms with Crippen molar-refractivity contribution in [1.29, 1.82) is 0 Å². The molecule has 0 bridgehead atoms. The third kappa shape index (κ3) is 9.32. The van der Waals surface area contributed by atoms with E-state index in [0.717, 1.165) is 94.7 Å². The first-order chi connectivity index (χ1) is 25.1. The molecule has 8 aliphatic carbocycles. The maximum absolute atomic E-state index is 3.97. The zero-order chi connectivity index (χ0) is 37.7. The molecule has 300 valence electrons. The van der Waals surface area contributed by atoms with Crippen LogP contribution in [0, 0.1) is 107 Å². The molecule has 17 atom stereocenters. The predicted molar refractivity (Wildman–Crippen MR) is 243 cm³/mol. The number of hydrogen-bond acceptors (Lipinski definition) is 0. The quantitative estimate of drug-likeness (QED) is 0.218. The lowest BCUT2D eigenvalue weighted by Crippen LogP contribution is -2.14. The maximum atomic E-state index is 3.97. The van der Waals surface area contributed by atoms with Gasteiger partial charge in [0.2, 0.25) is 0 Å². The average Bonchev–Trinajstić information content (AvgIpc) is 4.01. The highest BCUT2D eigenvalue weighted by Gasteiger charge is 2.47. The van der Waals surface area contributed by atoms with Gasteiger partial charge in [-0.3, -0.25) is 0 Å². The zero-order valence-electron chi connectivity index (χ0n) is 33.9. The lowest BCUT2D eigenvalue weighted by Gasteiger charge is -2.20. The van der Waals surface area contributed by atoms with Crippen LogP contribution in [-0.4, -0.2) is 0 Å². The minimum Gasteiger partial charge on any atom is -0.103 e. The second-order valence-corrected chi connectivity index (χ2v) is 18.7. The molecule has 17 unspecified atom stereocenters. The molecule has 0 amide bonds. The molecule has 0 heteroatoms. The highest BCUT2D eigenvalue weighted by molar-refractivity contribution is 5.22. The molecule has 0 aromatic carbocycles. The Morgan fingerprint density at radius 1 is 0.500 bits per heavy atom. The zero-order valence-corrected chi connectivity index (χ0v) is 33.9. The molecule has 0 aliphatic heterocycles. The van der Waals surface area contributed by atoms with Crippen LogP contribution in [0.1, 0.15) is 107 Å². The molecule has 6 fully saturated rings. The molecule has 0 aromatic heterocycles. The second-order valence-electron chi connectivity index (χ2n) is 18.7. The largest absolute Gasteiger partial charge is 0.103 e. The Hall–Kier alpha value is -2.60. The van der Waals surface area contributed by atoms with Crippen molar-refractivity contribution >= 4 is 0 Å². The molecular formula is C54H84. The minimum atomic E-state index is 0. The summed E-state index contributed by atoms with van der Waals surface area (Å²) in [7, 11) is 0. The van der Waals surface area contributed by atoms with E-state index in [4.69, 9.17) is 0 Å². The van der Waals surface area contributed by atoms with Crippen LogP contribution in [0.25, 0.3) is 0 Å². The molecule has 8 aliphatic rings. The molecule has 8 rings (SSSR count). The van der Waals surface area contributed by atoms with Gasteiger partial charge in [-0.1, -0.05) is 107 Å². The van der Waals surface area contributed by atoms with Gasteiger partial charge in [0.25, 0.3) is 0 Å². The summed E-state index contributed by atoms with van der Waals surface area (Å²) in [6, 6.07) is 0. The Labute approximate surface area is 336 Å². The fourth-order valence-electron chi connectivity index (χ4n) is 13.5. The van der Waals surface area contributed by atoms with Crippen LogP contribution >= 0.6 is 0 Å². The van der Waals surface area contributed by atoms with Crippen molar-refractivity contribution < 1.29 is 0 Å². The van der Waals surface area contributed by atoms with Gasteiger partial charge < -0.3 is 0 Å². The molecular weight excluding hydrogens is 649 g/mol. The molecule has 0 radical (unpaired) electrons. The van der Waals surface area contributed by atoms with Gasteiger partial charge in [0.05, 0.1) is 0 Å². The van der Waals surface area contributed by atoms with Crippen molar-refractivity contribution in [3.05, 3.63) is 125 Å². The monoisotopic (exact) mass is 733 g/mol. The lowest BCUT2D eigenvalue weighted by molar-refractivity contribution is 0.316. The van der Waals surface area contributed by atoms with Crippen molar-refractivity contribution in [2.75, 3.05) is 0 Å². The SMILES string of the molecule is C.C.C=CC1CC(C=C)C2C(C)=CCC12.C=CC1CC(C=C)C2C(C)CCC12.C=CC1CC(C=C)C2CC(C)=CC12.C=CC1CC(C=C)C2CC(C)CC12. The summed E-state index contributed by atoms with van der Waals surface area (Å²) in [5, 5.41) is 0. The average molecular weight is 733 g/mol. The van der Waals surface area contributed by atoms with Crippen molar-refractivity contribution in [1.82, 2.24) is 0 Å². The van der Waals surface area contributed by atoms with E-state index in [2.05, 4.69) is 141 Å². The summed E-state index contributed by atoms with van der Waals surface area (Å²) in [5.41, 5.74) is 3.15. The van der Waals surface area contributed by atoms with Crippen LogP contribution in [0.15, 0.2) is 125 Å². The molecule has 0 saturated heterocycles. The lowest BCUT2D eigenvalue weighted by atomic mass is 9.85. The van der Waals surface area contributed by atoms with Gasteiger partial charge in [-0.05, 0) is 178 Å². The van der Waals surface area contributed by atoms with Crippen LogP contribution in [-0.2, 0) is 0 Å². The molecule has 0 aromatic rings. The van der Waals surface area contributed by atoms with E-state index in [1.807, 2.05) is 0 Å². The number of hydrogen-bond donors (Lipinski definition) is 0. The summed E-state index contributed by atoms with van der Waals surface area (Å²) in [6.45, 7) is 40.9. The van der Waals surface area contributed by atoms with E-state index in [1.54, 1.807) is 11.1 Å². The standard InChI is InChI=1S/C13H20.C13H18.C13H20.C13H18.2CH4/c2*1-4-10-8-11(5-2)13-7-9(3)6-12(10)13;2*1-4-10-8-11(5-2)13-9(3)6-7-12(10)13;;/h4-5,9-13H,1-2,6-8H2,3H3;4-6,10-13H,1-2,7-8H2,3H3;4-5,9-13H,1-2,6-8H2,3H3;4-6,10-13H,1-2,7-8H2,3H3;2*1H4. The summed E-state index contributed by atoms with van der Waals surface area (Å²) >= 11 is 0. The fourth-order valence-corrected chi connectivity index (χ4v) is 13.5. The fraction of sp³-hybridized carbons (Fsp3) is 0.630. The maximum Gasteiger partial charge on any atom is -0.0106 e. The first-order valence-electron chi connectivity index (χ1n) is 21.4. The Bertz CT molecular complexity index is 1310. The van der Waals surface area contributed by atoms with Gasteiger partial charge in [0.1, 0.15) is 0 Å². The van der Waals surface area contributed by atoms with Crippen LogP contribution in [0.2, 0.25) is 0 Å². The number of allylic oxidation sites excluding steroid dienone is 12. The Morgan fingerprint density at radius 2 is 0.944 bits per heavy atom. The smallest absolute Gasteiger partial charge is 0.0106 e. The van der Waals surface area contributed by atoms with E-state index < -0.39 is 0 Å². The third-order valence-electron chi connectivity index (χ3n) is 16.0. The van der Waals surface area contributed by atoms with Crippen molar-refractivity contribution in [3.63, 3.8) is 0 Å².